The number of hydrogen-bond acceptors (Lipinski definition) is 2. The summed E-state index contributed by atoms with van der Waals surface area (Å²) in [6.45, 7) is 2.66. The molecular formula is C16H16BrNO. The van der Waals surface area contributed by atoms with Crippen LogP contribution in [0.25, 0.3) is 0 Å². The normalized spacial score (nSPS) is 13.9. The average molecular weight is 318 g/mol. The second-order valence-corrected chi connectivity index (χ2v) is 5.56. The van der Waals surface area contributed by atoms with E-state index in [4.69, 9.17) is 4.74 Å². The summed E-state index contributed by atoms with van der Waals surface area (Å²) in [5.74, 6) is 0.897. The highest BCUT2D eigenvalue weighted by Crippen LogP contribution is 2.26. The maximum atomic E-state index is 5.92. The van der Waals surface area contributed by atoms with Gasteiger partial charge in [0, 0.05) is 6.54 Å². The lowest BCUT2D eigenvalue weighted by atomic mass is 9.96. The Kier molecular flexibility index (Phi) is 3.85. The van der Waals surface area contributed by atoms with Crippen molar-refractivity contribution in [2.24, 2.45) is 0 Å². The molecule has 2 aromatic rings. The predicted octanol–water partition coefficient (Wildman–Crippen LogP) is 3.67. The monoisotopic (exact) mass is 317 g/mol. The van der Waals surface area contributed by atoms with Crippen molar-refractivity contribution in [1.82, 2.24) is 5.32 Å². The Hall–Kier alpha value is -1.32. The molecule has 0 aliphatic carbocycles. The summed E-state index contributed by atoms with van der Waals surface area (Å²) in [6.07, 6.45) is 1.09. The molecule has 0 aromatic heterocycles. The fraction of sp³-hybridized carbons (Fsp3) is 0.250. The lowest BCUT2D eigenvalue weighted by Crippen LogP contribution is -2.24. The van der Waals surface area contributed by atoms with Crippen LogP contribution in [0.15, 0.2) is 46.9 Å². The molecule has 0 spiro atoms. The van der Waals surface area contributed by atoms with E-state index in [0.29, 0.717) is 6.61 Å². The molecule has 3 heteroatoms. The van der Waals surface area contributed by atoms with Crippen molar-refractivity contribution in [3.8, 4) is 5.75 Å². The van der Waals surface area contributed by atoms with Crippen LogP contribution in [0.2, 0.25) is 0 Å². The van der Waals surface area contributed by atoms with Crippen molar-refractivity contribution >= 4 is 15.9 Å². The van der Waals surface area contributed by atoms with Crippen LogP contribution in [0, 0.1) is 0 Å². The Morgan fingerprint density at radius 1 is 1.11 bits per heavy atom. The van der Waals surface area contributed by atoms with E-state index in [2.05, 4.69) is 39.4 Å². The van der Waals surface area contributed by atoms with Gasteiger partial charge in [0.25, 0.3) is 0 Å². The van der Waals surface area contributed by atoms with Gasteiger partial charge >= 0.3 is 0 Å². The standard InChI is InChI=1S/C16H16BrNO/c17-15-6-1-2-7-16(15)19-11-13-5-3-4-12-10-18-9-8-14(12)13/h1-7,18H,8-11H2. The molecule has 19 heavy (non-hydrogen) atoms. The van der Waals surface area contributed by atoms with Gasteiger partial charge in [-0.1, -0.05) is 30.3 Å². The molecule has 1 aliphatic heterocycles. The van der Waals surface area contributed by atoms with Crippen molar-refractivity contribution in [2.45, 2.75) is 19.6 Å². The number of benzene rings is 2. The van der Waals surface area contributed by atoms with Gasteiger partial charge in [-0.15, -0.1) is 0 Å². The number of rotatable bonds is 3. The average Bonchev–Trinajstić information content (AvgIpc) is 2.46. The van der Waals surface area contributed by atoms with E-state index < -0.39 is 0 Å². The van der Waals surface area contributed by atoms with E-state index in [-0.39, 0.29) is 0 Å². The molecule has 0 unspecified atom stereocenters. The first-order valence-corrected chi connectivity index (χ1v) is 7.31. The smallest absolute Gasteiger partial charge is 0.133 e. The van der Waals surface area contributed by atoms with Gasteiger partial charge in [0.1, 0.15) is 12.4 Å². The van der Waals surface area contributed by atoms with Gasteiger partial charge in [-0.2, -0.15) is 0 Å². The third-order valence-corrected chi connectivity index (χ3v) is 4.11. The van der Waals surface area contributed by atoms with E-state index in [9.17, 15) is 0 Å². The van der Waals surface area contributed by atoms with Gasteiger partial charge in [0.05, 0.1) is 4.47 Å². The molecule has 98 valence electrons. The van der Waals surface area contributed by atoms with E-state index in [1.54, 1.807) is 0 Å². The highest BCUT2D eigenvalue weighted by atomic mass is 79.9. The fourth-order valence-electron chi connectivity index (χ4n) is 2.46. The second kappa shape index (κ2) is 5.76. The summed E-state index contributed by atoms with van der Waals surface area (Å²) in [4.78, 5) is 0. The highest BCUT2D eigenvalue weighted by molar-refractivity contribution is 9.10. The summed E-state index contributed by atoms with van der Waals surface area (Å²) < 4.78 is 6.92. The van der Waals surface area contributed by atoms with Gasteiger partial charge in [-0.3, -0.25) is 0 Å². The Morgan fingerprint density at radius 3 is 2.89 bits per heavy atom. The first-order chi connectivity index (χ1) is 9.34. The third kappa shape index (κ3) is 2.82. The summed E-state index contributed by atoms with van der Waals surface area (Å²) in [6, 6.07) is 14.5. The minimum Gasteiger partial charge on any atom is -0.488 e. The minimum atomic E-state index is 0.631. The first kappa shape index (κ1) is 12.7. The van der Waals surface area contributed by atoms with E-state index >= 15 is 0 Å². The molecule has 0 amide bonds. The Balaban J connectivity index is 1.79. The first-order valence-electron chi connectivity index (χ1n) is 6.52. The number of halogens is 1. The van der Waals surface area contributed by atoms with E-state index in [1.807, 2.05) is 24.3 Å². The molecule has 1 heterocycles. The van der Waals surface area contributed by atoms with Gasteiger partial charge in [0.2, 0.25) is 0 Å². The number of ether oxygens (including phenoxy) is 1. The van der Waals surface area contributed by atoms with Crippen LogP contribution in [0.4, 0.5) is 0 Å². The summed E-state index contributed by atoms with van der Waals surface area (Å²) in [5.41, 5.74) is 4.16. The Labute approximate surface area is 121 Å². The van der Waals surface area contributed by atoms with Crippen LogP contribution in [0.5, 0.6) is 5.75 Å². The van der Waals surface area contributed by atoms with Crippen LogP contribution in [0.1, 0.15) is 16.7 Å². The van der Waals surface area contributed by atoms with Crippen LogP contribution in [0.3, 0.4) is 0 Å². The summed E-state index contributed by atoms with van der Waals surface area (Å²) >= 11 is 3.51. The number of fused-ring (bicyclic) bond motifs is 1. The van der Waals surface area contributed by atoms with Gasteiger partial charge in [-0.05, 0) is 57.7 Å². The predicted molar refractivity (Wildman–Crippen MR) is 80.3 cm³/mol. The fourth-order valence-corrected chi connectivity index (χ4v) is 2.86. The van der Waals surface area contributed by atoms with Gasteiger partial charge in [-0.25, -0.2) is 0 Å². The number of para-hydroxylation sites is 1. The SMILES string of the molecule is Brc1ccccc1OCc1cccc2c1CCNC2. The molecule has 3 rings (SSSR count). The molecule has 0 bridgehead atoms. The van der Waals surface area contributed by atoms with Crippen LogP contribution in [-0.2, 0) is 19.6 Å². The maximum absolute atomic E-state index is 5.92. The highest BCUT2D eigenvalue weighted by Gasteiger charge is 2.12. The molecule has 2 nitrogen and oxygen atoms in total. The van der Waals surface area contributed by atoms with Crippen molar-refractivity contribution < 1.29 is 4.74 Å². The topological polar surface area (TPSA) is 21.3 Å². The molecule has 0 radical (unpaired) electrons. The second-order valence-electron chi connectivity index (χ2n) is 4.70. The lowest BCUT2D eigenvalue weighted by molar-refractivity contribution is 0.302. The van der Waals surface area contributed by atoms with Crippen LogP contribution < -0.4 is 10.1 Å². The van der Waals surface area contributed by atoms with Crippen molar-refractivity contribution in [1.29, 1.82) is 0 Å². The molecule has 0 saturated carbocycles. The zero-order valence-corrected chi connectivity index (χ0v) is 12.2. The van der Waals surface area contributed by atoms with Crippen molar-refractivity contribution in [2.75, 3.05) is 6.54 Å². The molecule has 2 aromatic carbocycles. The van der Waals surface area contributed by atoms with Crippen LogP contribution in [-0.4, -0.2) is 6.54 Å². The summed E-state index contributed by atoms with van der Waals surface area (Å²) in [5, 5.41) is 3.40. The van der Waals surface area contributed by atoms with E-state index in [1.165, 1.54) is 16.7 Å². The summed E-state index contributed by atoms with van der Waals surface area (Å²) in [7, 11) is 0. The van der Waals surface area contributed by atoms with E-state index in [0.717, 1.165) is 29.7 Å². The zero-order valence-electron chi connectivity index (χ0n) is 10.7. The van der Waals surface area contributed by atoms with Gasteiger partial charge < -0.3 is 10.1 Å². The third-order valence-electron chi connectivity index (χ3n) is 3.46. The lowest BCUT2D eigenvalue weighted by Gasteiger charge is -2.20. The van der Waals surface area contributed by atoms with Crippen LogP contribution >= 0.6 is 15.9 Å². The quantitative estimate of drug-likeness (QED) is 0.932. The number of hydrogen-bond donors (Lipinski definition) is 1. The van der Waals surface area contributed by atoms with Crippen molar-refractivity contribution in [3.63, 3.8) is 0 Å². The molecular weight excluding hydrogens is 302 g/mol. The Bertz CT molecular complexity index is 583. The number of nitrogens with one attached hydrogen (secondary N) is 1. The molecule has 1 N–H and O–H groups in total. The minimum absolute atomic E-state index is 0.631. The molecule has 0 saturated heterocycles. The van der Waals surface area contributed by atoms with Crippen molar-refractivity contribution in [3.05, 3.63) is 63.6 Å². The molecule has 0 atom stereocenters. The largest absolute Gasteiger partial charge is 0.488 e. The Morgan fingerprint density at radius 2 is 2.00 bits per heavy atom. The maximum Gasteiger partial charge on any atom is 0.133 e. The molecule has 1 aliphatic rings. The molecule has 0 fully saturated rings. The zero-order chi connectivity index (χ0) is 13.1. The van der Waals surface area contributed by atoms with Gasteiger partial charge in [0.15, 0.2) is 0 Å².